The highest BCUT2D eigenvalue weighted by Gasteiger charge is 2.30. The lowest BCUT2D eigenvalue weighted by Gasteiger charge is -2.09. The van der Waals surface area contributed by atoms with E-state index in [-0.39, 0.29) is 12.5 Å². The molecule has 0 aliphatic carbocycles. The van der Waals surface area contributed by atoms with Crippen molar-refractivity contribution in [1.29, 1.82) is 0 Å². The third-order valence-electron chi connectivity index (χ3n) is 5.24. The zero-order valence-electron chi connectivity index (χ0n) is 18.6. The molecule has 0 spiro atoms. The van der Waals surface area contributed by atoms with Gasteiger partial charge < -0.3 is 10.1 Å². The van der Waals surface area contributed by atoms with E-state index in [1.165, 1.54) is 6.07 Å². The number of anilines is 1. The van der Waals surface area contributed by atoms with Gasteiger partial charge in [-0.25, -0.2) is 0 Å². The van der Waals surface area contributed by atoms with Crippen LogP contribution in [0.1, 0.15) is 32.7 Å². The highest BCUT2D eigenvalue weighted by Crippen LogP contribution is 2.29. The first-order valence-electron chi connectivity index (χ1n) is 10.7. The molecule has 1 N–H and O–H groups in total. The first-order valence-corrected chi connectivity index (χ1v) is 11.0. The molecule has 1 heterocycles. The molecule has 0 saturated carbocycles. The predicted octanol–water partition coefficient (Wildman–Crippen LogP) is 6.74. The lowest BCUT2D eigenvalue weighted by atomic mass is 10.1. The topological polar surface area (TPSA) is 56.1 Å². The molecular weight excluding hydrogens is 479 g/mol. The molecule has 180 valence electrons. The minimum Gasteiger partial charge on any atom is -0.489 e. The van der Waals surface area contributed by atoms with Gasteiger partial charge in [-0.3, -0.25) is 9.48 Å². The maximum absolute atomic E-state index is 13.0. The van der Waals surface area contributed by atoms with E-state index < -0.39 is 11.7 Å². The number of hydrogen-bond acceptors (Lipinski definition) is 3. The van der Waals surface area contributed by atoms with Gasteiger partial charge in [-0.15, -0.1) is 0 Å². The van der Waals surface area contributed by atoms with Crippen molar-refractivity contribution in [3.8, 4) is 5.75 Å². The molecule has 0 radical (unpaired) electrons. The van der Waals surface area contributed by atoms with E-state index in [1.54, 1.807) is 72.3 Å². The van der Waals surface area contributed by atoms with Gasteiger partial charge in [0.2, 0.25) is 0 Å². The van der Waals surface area contributed by atoms with Crippen LogP contribution in [0.15, 0.2) is 78.9 Å². The fourth-order valence-electron chi connectivity index (χ4n) is 3.39. The van der Waals surface area contributed by atoms with Gasteiger partial charge in [0.1, 0.15) is 12.4 Å². The van der Waals surface area contributed by atoms with E-state index in [2.05, 4.69) is 10.4 Å². The number of hydrogen-bond donors (Lipinski definition) is 1. The van der Waals surface area contributed by atoms with Gasteiger partial charge in [-0.2, -0.15) is 18.3 Å². The second-order valence-electron chi connectivity index (χ2n) is 7.92. The van der Waals surface area contributed by atoms with Crippen LogP contribution in [0.2, 0.25) is 5.02 Å². The summed E-state index contributed by atoms with van der Waals surface area (Å²) < 4.78 is 46.2. The van der Waals surface area contributed by atoms with Crippen molar-refractivity contribution >= 4 is 23.3 Å². The van der Waals surface area contributed by atoms with Gasteiger partial charge in [-0.1, -0.05) is 35.9 Å². The lowest BCUT2D eigenvalue weighted by molar-refractivity contribution is -0.137. The number of aryl methyl sites for hydroxylation is 1. The summed E-state index contributed by atoms with van der Waals surface area (Å²) in [5, 5.41) is 7.68. The number of alkyl halides is 3. The monoisotopic (exact) mass is 499 g/mol. The van der Waals surface area contributed by atoms with Crippen LogP contribution in [0.25, 0.3) is 0 Å². The number of benzene rings is 3. The van der Waals surface area contributed by atoms with Crippen LogP contribution in [0.5, 0.6) is 5.75 Å². The second kappa shape index (κ2) is 10.2. The largest absolute Gasteiger partial charge is 0.489 e. The maximum atomic E-state index is 13.0. The van der Waals surface area contributed by atoms with Crippen LogP contribution < -0.4 is 10.1 Å². The molecule has 0 unspecified atom stereocenters. The third-order valence-corrected chi connectivity index (χ3v) is 5.50. The molecule has 35 heavy (non-hydrogen) atoms. The van der Waals surface area contributed by atoms with Crippen molar-refractivity contribution in [3.63, 3.8) is 0 Å². The Balaban J connectivity index is 1.37. The summed E-state index contributed by atoms with van der Waals surface area (Å²) in [6, 6.07) is 20.8. The number of carbonyl (C=O) groups is 1. The highest BCUT2D eigenvalue weighted by molar-refractivity contribution is 6.30. The van der Waals surface area contributed by atoms with E-state index in [1.807, 2.05) is 0 Å². The van der Waals surface area contributed by atoms with E-state index in [9.17, 15) is 18.0 Å². The Morgan fingerprint density at radius 3 is 2.40 bits per heavy atom. The quantitative estimate of drug-likeness (QED) is 0.306. The molecule has 1 aromatic heterocycles. The van der Waals surface area contributed by atoms with Crippen LogP contribution in [0.4, 0.5) is 19.0 Å². The Morgan fingerprint density at radius 1 is 1.00 bits per heavy atom. The van der Waals surface area contributed by atoms with E-state index in [0.717, 1.165) is 17.7 Å². The third kappa shape index (κ3) is 6.42. The zero-order valence-corrected chi connectivity index (χ0v) is 19.4. The number of aromatic nitrogens is 2. The van der Waals surface area contributed by atoms with Crippen molar-refractivity contribution in [2.75, 3.05) is 5.32 Å². The molecule has 4 aromatic rings. The van der Waals surface area contributed by atoms with E-state index >= 15 is 0 Å². The molecular formula is C26H21ClF3N3O2. The molecule has 0 aliphatic rings. The SMILES string of the molecule is Cc1cc(NC(=O)c2ccc(COc3ccc(Cl)cc3)cc2)nn1Cc1cccc(C(F)(F)F)c1. The smallest absolute Gasteiger partial charge is 0.416 e. The number of nitrogens with zero attached hydrogens (tertiary/aromatic N) is 2. The van der Waals surface area contributed by atoms with Crippen LogP contribution in [0.3, 0.4) is 0 Å². The first-order chi connectivity index (χ1) is 16.7. The minimum absolute atomic E-state index is 0.147. The summed E-state index contributed by atoms with van der Waals surface area (Å²) in [6.07, 6.45) is -4.41. The molecule has 0 atom stereocenters. The van der Waals surface area contributed by atoms with Crippen molar-refractivity contribution < 1.29 is 22.7 Å². The lowest BCUT2D eigenvalue weighted by Crippen LogP contribution is -2.13. The van der Waals surface area contributed by atoms with Gasteiger partial charge in [0.15, 0.2) is 5.82 Å². The van der Waals surface area contributed by atoms with Gasteiger partial charge in [0.25, 0.3) is 5.91 Å². The number of rotatable bonds is 7. The second-order valence-corrected chi connectivity index (χ2v) is 8.36. The molecule has 0 fully saturated rings. The first kappa shape index (κ1) is 24.3. The summed E-state index contributed by atoms with van der Waals surface area (Å²) in [5.41, 5.74) is 1.77. The fourth-order valence-corrected chi connectivity index (χ4v) is 3.51. The summed E-state index contributed by atoms with van der Waals surface area (Å²) in [6.45, 7) is 2.25. The summed E-state index contributed by atoms with van der Waals surface area (Å²) in [7, 11) is 0. The average Bonchev–Trinajstić information content (AvgIpc) is 3.17. The molecule has 0 bridgehead atoms. The van der Waals surface area contributed by atoms with Crippen LogP contribution in [-0.4, -0.2) is 15.7 Å². The molecule has 0 aliphatic heterocycles. The van der Waals surface area contributed by atoms with E-state index in [0.29, 0.717) is 40.0 Å². The average molecular weight is 500 g/mol. The van der Waals surface area contributed by atoms with Gasteiger partial charge >= 0.3 is 6.18 Å². The fraction of sp³-hybridized carbons (Fsp3) is 0.154. The summed E-state index contributed by atoms with van der Waals surface area (Å²) >= 11 is 5.86. The number of amides is 1. The number of carbonyl (C=O) groups excluding carboxylic acids is 1. The molecule has 4 rings (SSSR count). The van der Waals surface area contributed by atoms with Gasteiger partial charge in [0, 0.05) is 22.3 Å². The Kier molecular flexibility index (Phi) is 7.12. The predicted molar refractivity (Wildman–Crippen MR) is 128 cm³/mol. The van der Waals surface area contributed by atoms with E-state index in [4.69, 9.17) is 16.3 Å². The minimum atomic E-state index is -4.41. The Labute approximate surface area is 205 Å². The van der Waals surface area contributed by atoms with Crippen LogP contribution in [-0.2, 0) is 19.3 Å². The maximum Gasteiger partial charge on any atom is 0.416 e. The zero-order chi connectivity index (χ0) is 25.0. The van der Waals surface area contributed by atoms with Gasteiger partial charge in [-0.05, 0) is 66.6 Å². The molecule has 5 nitrogen and oxygen atoms in total. The number of ether oxygens (including phenoxy) is 1. The van der Waals surface area contributed by atoms with Gasteiger partial charge in [0.05, 0.1) is 12.1 Å². The number of nitrogens with one attached hydrogen (secondary N) is 1. The summed E-state index contributed by atoms with van der Waals surface area (Å²) in [5.74, 6) is 0.654. The van der Waals surface area contributed by atoms with Crippen molar-refractivity contribution in [1.82, 2.24) is 9.78 Å². The van der Waals surface area contributed by atoms with Crippen molar-refractivity contribution in [2.24, 2.45) is 0 Å². The van der Waals surface area contributed by atoms with Crippen LogP contribution in [0, 0.1) is 6.92 Å². The highest BCUT2D eigenvalue weighted by atomic mass is 35.5. The molecule has 0 saturated heterocycles. The standard InChI is InChI=1S/C26H21ClF3N3O2/c1-17-13-24(32-33(17)15-19-3-2-4-21(14-19)26(28,29)30)31-25(34)20-7-5-18(6-8-20)16-35-23-11-9-22(27)10-12-23/h2-14H,15-16H2,1H3,(H,31,32,34). The molecule has 9 heteroatoms. The Bertz CT molecular complexity index is 1320. The van der Waals surface area contributed by atoms with Crippen molar-refractivity contribution in [2.45, 2.75) is 26.3 Å². The Morgan fingerprint density at radius 2 is 1.71 bits per heavy atom. The summed E-state index contributed by atoms with van der Waals surface area (Å²) in [4.78, 5) is 12.6. The normalized spacial score (nSPS) is 11.3. The van der Waals surface area contributed by atoms with Crippen LogP contribution >= 0.6 is 11.6 Å². The van der Waals surface area contributed by atoms with Crippen molar-refractivity contribution in [3.05, 3.63) is 112 Å². The molecule has 1 amide bonds. The molecule has 3 aromatic carbocycles. The Hall–Kier alpha value is -3.78. The number of halogens is 4.